The van der Waals surface area contributed by atoms with Gasteiger partial charge in [-0.15, -0.1) is 0 Å². The fraction of sp³-hybridized carbons (Fsp3) is 0.200. The van der Waals surface area contributed by atoms with Gasteiger partial charge in [-0.25, -0.2) is 8.42 Å². The smallest absolute Gasteiger partial charge is 0.168 e. The van der Waals surface area contributed by atoms with E-state index in [-0.39, 0.29) is 0 Å². The molecule has 0 amide bonds. The molecule has 0 spiro atoms. The summed E-state index contributed by atoms with van der Waals surface area (Å²) in [7, 11) is -2.94. The van der Waals surface area contributed by atoms with E-state index >= 15 is 0 Å². The first-order valence-electron chi connectivity index (χ1n) is 2.05. The van der Waals surface area contributed by atoms with Gasteiger partial charge in [-0.1, -0.05) is 18.7 Å². The van der Waals surface area contributed by atoms with Crippen LogP contribution in [0.2, 0.25) is 0 Å². The highest BCUT2D eigenvalue weighted by molar-refractivity contribution is 7.93. The van der Waals surface area contributed by atoms with Gasteiger partial charge in [0.2, 0.25) is 0 Å². The Labute approximate surface area is 49.4 Å². The van der Waals surface area contributed by atoms with Gasteiger partial charge < -0.3 is 0 Å². The summed E-state index contributed by atoms with van der Waals surface area (Å²) in [6.45, 7) is 3.31. The maximum atomic E-state index is 10.3. The molecule has 0 unspecified atom stereocenters. The van der Waals surface area contributed by atoms with E-state index in [4.69, 9.17) is 0 Å². The molecular formula is C5H8O2S. The summed E-state index contributed by atoms with van der Waals surface area (Å²) >= 11 is 0. The predicted octanol–water partition coefficient (Wildman–Crippen LogP) is 0.731. The van der Waals surface area contributed by atoms with E-state index < -0.39 is 9.84 Å². The van der Waals surface area contributed by atoms with E-state index in [1.807, 2.05) is 0 Å². The average molecular weight is 132 g/mol. The lowest BCUT2D eigenvalue weighted by atomic mass is 10.6. The maximum absolute atomic E-state index is 10.3. The molecule has 0 N–H and O–H groups in total. The van der Waals surface area contributed by atoms with Gasteiger partial charge in [0.05, 0.1) is 0 Å². The third kappa shape index (κ3) is 5.43. The van der Waals surface area contributed by atoms with Crippen LogP contribution in [0.4, 0.5) is 0 Å². The van der Waals surface area contributed by atoms with E-state index in [1.54, 1.807) is 0 Å². The van der Waals surface area contributed by atoms with Gasteiger partial charge in [-0.05, 0) is 0 Å². The Morgan fingerprint density at radius 2 is 2.00 bits per heavy atom. The van der Waals surface area contributed by atoms with E-state index in [0.29, 0.717) is 0 Å². The lowest BCUT2D eigenvalue weighted by Gasteiger charge is -1.78. The summed E-state index contributed by atoms with van der Waals surface area (Å²) in [4.78, 5) is 0. The highest BCUT2D eigenvalue weighted by Gasteiger charge is 1.88. The van der Waals surface area contributed by atoms with Gasteiger partial charge in [0, 0.05) is 11.7 Å². The molecule has 0 aromatic rings. The van der Waals surface area contributed by atoms with Crippen molar-refractivity contribution in [1.82, 2.24) is 0 Å². The lowest BCUT2D eigenvalue weighted by Crippen LogP contribution is -1.86. The second-order valence-electron chi connectivity index (χ2n) is 1.39. The molecule has 0 heterocycles. The van der Waals surface area contributed by atoms with Crippen molar-refractivity contribution in [1.29, 1.82) is 0 Å². The van der Waals surface area contributed by atoms with E-state index in [9.17, 15) is 8.42 Å². The molecule has 46 valence electrons. The van der Waals surface area contributed by atoms with Crippen molar-refractivity contribution in [3.63, 3.8) is 0 Å². The zero-order chi connectivity index (χ0) is 6.62. The molecule has 0 rings (SSSR count). The van der Waals surface area contributed by atoms with Crippen LogP contribution in [0.25, 0.3) is 0 Å². The van der Waals surface area contributed by atoms with Gasteiger partial charge in [-0.3, -0.25) is 0 Å². The van der Waals surface area contributed by atoms with E-state index in [1.165, 1.54) is 12.2 Å². The number of allylic oxidation sites excluding steroid dienone is 2. The quantitative estimate of drug-likeness (QED) is 0.519. The Hall–Kier alpha value is -0.570. The second kappa shape index (κ2) is 2.67. The van der Waals surface area contributed by atoms with Gasteiger partial charge in [-0.2, -0.15) is 0 Å². The standard InChI is InChI=1S/C5H8O2S/c1-3-4-5-8(2,6)7/h3-5H,1H2,2H3/b5-4-. The molecule has 0 radical (unpaired) electrons. The number of hydrogen-bond acceptors (Lipinski definition) is 2. The zero-order valence-corrected chi connectivity index (χ0v) is 5.48. The molecule has 2 nitrogen and oxygen atoms in total. The Morgan fingerprint density at radius 1 is 1.50 bits per heavy atom. The topological polar surface area (TPSA) is 34.1 Å². The third-order valence-electron chi connectivity index (χ3n) is 0.462. The van der Waals surface area contributed by atoms with Gasteiger partial charge >= 0.3 is 0 Å². The van der Waals surface area contributed by atoms with E-state index in [0.717, 1.165) is 11.7 Å². The van der Waals surface area contributed by atoms with Crippen molar-refractivity contribution in [3.05, 3.63) is 24.1 Å². The minimum absolute atomic E-state index is 1.10. The van der Waals surface area contributed by atoms with Crippen molar-refractivity contribution >= 4 is 9.84 Å². The fourth-order valence-electron chi connectivity index (χ4n) is 0.198. The molecule has 0 atom stereocenters. The largest absolute Gasteiger partial charge is 0.225 e. The summed E-state index contributed by atoms with van der Waals surface area (Å²) in [6.07, 6.45) is 3.93. The summed E-state index contributed by atoms with van der Waals surface area (Å²) in [5.41, 5.74) is 0. The van der Waals surface area contributed by atoms with Crippen LogP contribution in [0, 0.1) is 0 Å². The zero-order valence-electron chi connectivity index (χ0n) is 4.66. The SMILES string of the molecule is C=C/C=C\S(C)(=O)=O. The molecule has 0 fully saturated rings. The van der Waals surface area contributed by atoms with Crippen molar-refractivity contribution in [2.45, 2.75) is 0 Å². The number of hydrogen-bond donors (Lipinski definition) is 0. The number of rotatable bonds is 2. The van der Waals surface area contributed by atoms with Crippen LogP contribution in [0.3, 0.4) is 0 Å². The predicted molar refractivity (Wildman–Crippen MR) is 34.2 cm³/mol. The maximum Gasteiger partial charge on any atom is 0.168 e. The Kier molecular flexibility index (Phi) is 2.48. The molecule has 0 saturated carbocycles. The molecular weight excluding hydrogens is 124 g/mol. The molecule has 0 aliphatic carbocycles. The fourth-order valence-corrected chi connectivity index (χ4v) is 0.595. The Balaban J connectivity index is 4.12. The van der Waals surface area contributed by atoms with E-state index in [2.05, 4.69) is 6.58 Å². The average Bonchev–Trinajstić information content (AvgIpc) is 1.59. The van der Waals surface area contributed by atoms with Crippen LogP contribution in [-0.4, -0.2) is 14.7 Å². The van der Waals surface area contributed by atoms with Crippen molar-refractivity contribution in [2.24, 2.45) is 0 Å². The van der Waals surface area contributed by atoms with Crippen LogP contribution in [0.5, 0.6) is 0 Å². The van der Waals surface area contributed by atoms with Crippen LogP contribution in [-0.2, 0) is 9.84 Å². The monoisotopic (exact) mass is 132 g/mol. The minimum Gasteiger partial charge on any atom is -0.225 e. The molecule has 0 aromatic carbocycles. The summed E-state index contributed by atoms with van der Waals surface area (Å²) in [5.74, 6) is 0. The molecule has 0 bridgehead atoms. The van der Waals surface area contributed by atoms with Crippen LogP contribution < -0.4 is 0 Å². The normalized spacial score (nSPS) is 12.1. The highest BCUT2D eigenvalue weighted by Crippen LogP contribution is 1.83. The minimum atomic E-state index is -2.94. The van der Waals surface area contributed by atoms with Crippen molar-refractivity contribution in [2.75, 3.05) is 6.26 Å². The molecule has 0 aromatic heterocycles. The molecule has 0 aliphatic rings. The second-order valence-corrected chi connectivity index (χ2v) is 3.32. The van der Waals surface area contributed by atoms with Crippen LogP contribution in [0.15, 0.2) is 24.1 Å². The first-order valence-corrected chi connectivity index (χ1v) is 4.01. The first kappa shape index (κ1) is 7.43. The van der Waals surface area contributed by atoms with Gasteiger partial charge in [0.25, 0.3) is 0 Å². The third-order valence-corrected chi connectivity index (χ3v) is 1.11. The summed E-state index contributed by atoms with van der Waals surface area (Å²) in [5, 5.41) is 1.10. The number of sulfone groups is 1. The molecule has 3 heteroatoms. The van der Waals surface area contributed by atoms with Gasteiger partial charge in [0.1, 0.15) is 0 Å². The summed E-state index contributed by atoms with van der Waals surface area (Å²) in [6, 6.07) is 0. The highest BCUT2D eigenvalue weighted by atomic mass is 32.2. The molecule has 0 saturated heterocycles. The Morgan fingerprint density at radius 3 is 2.12 bits per heavy atom. The lowest BCUT2D eigenvalue weighted by molar-refractivity contribution is 0.610. The van der Waals surface area contributed by atoms with Crippen LogP contribution >= 0.6 is 0 Å². The van der Waals surface area contributed by atoms with Crippen molar-refractivity contribution < 1.29 is 8.42 Å². The first-order chi connectivity index (χ1) is 3.56. The Bertz CT molecular complexity index is 186. The van der Waals surface area contributed by atoms with Crippen molar-refractivity contribution in [3.8, 4) is 0 Å². The summed E-state index contributed by atoms with van der Waals surface area (Å²) < 4.78 is 20.5. The van der Waals surface area contributed by atoms with Gasteiger partial charge in [0.15, 0.2) is 9.84 Å². The molecule has 0 aliphatic heterocycles. The van der Waals surface area contributed by atoms with Crippen LogP contribution in [0.1, 0.15) is 0 Å². The molecule has 8 heavy (non-hydrogen) atoms.